The Bertz CT molecular complexity index is 503. The quantitative estimate of drug-likeness (QED) is 0.787. The number of hydrogen-bond donors (Lipinski definition) is 1. The van der Waals surface area contributed by atoms with Gasteiger partial charge in [0.1, 0.15) is 0 Å². The highest BCUT2D eigenvalue weighted by Gasteiger charge is 2.35. The second kappa shape index (κ2) is 4.80. The molecule has 0 spiro atoms. The van der Waals surface area contributed by atoms with Crippen LogP contribution in [-0.4, -0.2) is 44.3 Å². The molecular formula is C13H17F3N4. The lowest BCUT2D eigenvalue weighted by atomic mass is 10.1. The van der Waals surface area contributed by atoms with Crippen molar-refractivity contribution in [3.63, 3.8) is 0 Å². The number of aromatic nitrogens is 1. The van der Waals surface area contributed by atoms with E-state index in [1.54, 1.807) is 0 Å². The van der Waals surface area contributed by atoms with Gasteiger partial charge in [0.05, 0.1) is 11.3 Å². The molecule has 0 unspecified atom stereocenters. The molecular weight excluding hydrogens is 269 g/mol. The summed E-state index contributed by atoms with van der Waals surface area (Å²) in [5.74, 6) is 0.671. The van der Waals surface area contributed by atoms with Crippen LogP contribution in [0.3, 0.4) is 0 Å². The molecule has 0 aromatic carbocycles. The van der Waals surface area contributed by atoms with Crippen LogP contribution in [0.5, 0.6) is 0 Å². The third kappa shape index (κ3) is 2.30. The standard InChI is InChI=1S/C13H17F3N4/c1-19-4-2-10-8-17-3-5-20(10)12-11(19)6-9(7-18-12)13(14,15)16/h6-7,10,17H,2-5,8H2,1H3/t10-/m0/s1. The Labute approximate surface area is 115 Å². The van der Waals surface area contributed by atoms with Gasteiger partial charge in [-0.05, 0) is 12.5 Å². The second-order valence-electron chi connectivity index (χ2n) is 5.33. The predicted octanol–water partition coefficient (Wildman–Crippen LogP) is 1.72. The van der Waals surface area contributed by atoms with Crippen molar-refractivity contribution >= 4 is 11.5 Å². The van der Waals surface area contributed by atoms with Crippen LogP contribution < -0.4 is 15.1 Å². The Balaban J connectivity index is 2.04. The van der Waals surface area contributed by atoms with E-state index in [0.29, 0.717) is 17.5 Å². The number of piperazine rings is 1. The molecule has 1 aromatic rings. The van der Waals surface area contributed by atoms with Crippen molar-refractivity contribution in [2.24, 2.45) is 0 Å². The second-order valence-corrected chi connectivity index (χ2v) is 5.33. The highest BCUT2D eigenvalue weighted by atomic mass is 19.4. The first kappa shape index (κ1) is 13.5. The van der Waals surface area contributed by atoms with Crippen LogP contribution in [-0.2, 0) is 6.18 Å². The number of nitrogens with zero attached hydrogens (tertiary/aromatic N) is 3. The van der Waals surface area contributed by atoms with Crippen LogP contribution in [0.4, 0.5) is 24.7 Å². The molecule has 2 aliphatic rings. The maximum Gasteiger partial charge on any atom is 0.417 e. The van der Waals surface area contributed by atoms with E-state index in [4.69, 9.17) is 0 Å². The van der Waals surface area contributed by atoms with Crippen LogP contribution in [0.15, 0.2) is 12.3 Å². The average molecular weight is 286 g/mol. The number of hydrogen-bond acceptors (Lipinski definition) is 4. The Hall–Kier alpha value is -1.50. The molecule has 0 amide bonds. The van der Waals surface area contributed by atoms with E-state index in [1.807, 2.05) is 11.9 Å². The Morgan fingerprint density at radius 3 is 2.90 bits per heavy atom. The molecule has 1 saturated heterocycles. The number of pyridine rings is 1. The number of alkyl halides is 3. The highest BCUT2D eigenvalue weighted by molar-refractivity contribution is 5.69. The maximum absolute atomic E-state index is 12.8. The molecule has 0 radical (unpaired) electrons. The van der Waals surface area contributed by atoms with Crippen LogP contribution in [0.25, 0.3) is 0 Å². The Morgan fingerprint density at radius 1 is 1.35 bits per heavy atom. The topological polar surface area (TPSA) is 31.4 Å². The highest BCUT2D eigenvalue weighted by Crippen LogP contribution is 2.37. The Morgan fingerprint density at radius 2 is 2.15 bits per heavy atom. The summed E-state index contributed by atoms with van der Waals surface area (Å²) in [6.45, 7) is 3.21. The molecule has 2 aliphatic heterocycles. The summed E-state index contributed by atoms with van der Waals surface area (Å²) in [6.07, 6.45) is -2.49. The van der Waals surface area contributed by atoms with Gasteiger partial charge in [0.25, 0.3) is 0 Å². The van der Waals surface area contributed by atoms with E-state index in [2.05, 4.69) is 15.2 Å². The fourth-order valence-electron chi connectivity index (χ4n) is 2.86. The first-order chi connectivity index (χ1) is 9.47. The molecule has 20 heavy (non-hydrogen) atoms. The van der Waals surface area contributed by atoms with Gasteiger partial charge in [-0.2, -0.15) is 13.2 Å². The largest absolute Gasteiger partial charge is 0.417 e. The van der Waals surface area contributed by atoms with E-state index >= 15 is 0 Å². The Kier molecular flexibility index (Phi) is 3.24. The third-order valence-corrected chi connectivity index (χ3v) is 4.01. The van der Waals surface area contributed by atoms with Gasteiger partial charge in [0.15, 0.2) is 5.82 Å². The third-order valence-electron chi connectivity index (χ3n) is 4.01. The van der Waals surface area contributed by atoms with Gasteiger partial charge in [0.2, 0.25) is 0 Å². The summed E-state index contributed by atoms with van der Waals surface area (Å²) in [7, 11) is 1.83. The number of fused-ring (bicyclic) bond motifs is 3. The van der Waals surface area contributed by atoms with E-state index in [-0.39, 0.29) is 0 Å². The molecule has 110 valence electrons. The van der Waals surface area contributed by atoms with Gasteiger partial charge in [-0.25, -0.2) is 4.98 Å². The molecule has 0 aliphatic carbocycles. The van der Waals surface area contributed by atoms with Crippen LogP contribution in [0.1, 0.15) is 12.0 Å². The lowest BCUT2D eigenvalue weighted by Crippen LogP contribution is -2.51. The van der Waals surface area contributed by atoms with Gasteiger partial charge >= 0.3 is 6.18 Å². The molecule has 1 atom stereocenters. The van der Waals surface area contributed by atoms with E-state index < -0.39 is 11.7 Å². The van der Waals surface area contributed by atoms with E-state index in [0.717, 1.165) is 38.8 Å². The zero-order valence-corrected chi connectivity index (χ0v) is 11.2. The minimum Gasteiger partial charge on any atom is -0.372 e. The minimum absolute atomic E-state index is 0.302. The summed E-state index contributed by atoms with van der Waals surface area (Å²) in [5.41, 5.74) is -0.110. The van der Waals surface area contributed by atoms with Gasteiger partial charge in [-0.15, -0.1) is 0 Å². The van der Waals surface area contributed by atoms with Crippen molar-refractivity contribution in [3.8, 4) is 0 Å². The summed E-state index contributed by atoms with van der Waals surface area (Å²) in [5, 5.41) is 3.33. The number of rotatable bonds is 0. The molecule has 1 aromatic heterocycles. The normalized spacial score (nSPS) is 23.1. The zero-order chi connectivity index (χ0) is 14.3. The lowest BCUT2D eigenvalue weighted by molar-refractivity contribution is -0.137. The smallest absolute Gasteiger partial charge is 0.372 e. The van der Waals surface area contributed by atoms with Gasteiger partial charge in [-0.3, -0.25) is 0 Å². The van der Waals surface area contributed by atoms with Crippen molar-refractivity contribution in [1.29, 1.82) is 0 Å². The summed E-state index contributed by atoms with van der Waals surface area (Å²) in [4.78, 5) is 8.12. The number of anilines is 2. The molecule has 1 fully saturated rings. The van der Waals surface area contributed by atoms with Crippen molar-refractivity contribution in [1.82, 2.24) is 10.3 Å². The fourth-order valence-corrected chi connectivity index (χ4v) is 2.86. The van der Waals surface area contributed by atoms with Crippen LogP contribution in [0, 0.1) is 0 Å². The van der Waals surface area contributed by atoms with Crippen molar-refractivity contribution in [3.05, 3.63) is 17.8 Å². The lowest BCUT2D eigenvalue weighted by Gasteiger charge is -2.36. The molecule has 3 rings (SSSR count). The van der Waals surface area contributed by atoms with Crippen LogP contribution >= 0.6 is 0 Å². The molecule has 0 saturated carbocycles. The number of nitrogens with one attached hydrogen (secondary N) is 1. The molecule has 3 heterocycles. The summed E-state index contributed by atoms with van der Waals surface area (Å²) < 4.78 is 38.5. The van der Waals surface area contributed by atoms with Gasteiger partial charge in [-0.1, -0.05) is 0 Å². The van der Waals surface area contributed by atoms with Crippen molar-refractivity contribution in [2.45, 2.75) is 18.6 Å². The predicted molar refractivity (Wildman–Crippen MR) is 71.1 cm³/mol. The van der Waals surface area contributed by atoms with E-state index in [9.17, 15) is 13.2 Å². The van der Waals surface area contributed by atoms with Gasteiger partial charge in [0, 0.05) is 45.5 Å². The minimum atomic E-state index is -4.35. The average Bonchev–Trinajstić information content (AvgIpc) is 2.56. The van der Waals surface area contributed by atoms with E-state index in [1.165, 1.54) is 6.07 Å². The zero-order valence-electron chi connectivity index (χ0n) is 11.2. The molecule has 4 nitrogen and oxygen atoms in total. The fraction of sp³-hybridized carbons (Fsp3) is 0.615. The first-order valence-corrected chi connectivity index (χ1v) is 6.72. The van der Waals surface area contributed by atoms with Gasteiger partial charge < -0.3 is 15.1 Å². The first-order valence-electron chi connectivity index (χ1n) is 6.72. The molecule has 1 N–H and O–H groups in total. The maximum atomic E-state index is 12.8. The SMILES string of the molecule is CN1CC[C@H]2CNCCN2c2ncc(C(F)(F)F)cc21. The van der Waals surface area contributed by atoms with Crippen molar-refractivity contribution < 1.29 is 13.2 Å². The summed E-state index contributed by atoms with van der Waals surface area (Å²) in [6, 6.07) is 1.52. The summed E-state index contributed by atoms with van der Waals surface area (Å²) >= 11 is 0. The molecule has 7 heteroatoms. The molecule has 0 bridgehead atoms. The number of halogens is 3. The monoisotopic (exact) mass is 286 g/mol. The van der Waals surface area contributed by atoms with Crippen LogP contribution in [0.2, 0.25) is 0 Å². The van der Waals surface area contributed by atoms with Crippen molar-refractivity contribution in [2.75, 3.05) is 43.0 Å².